The Kier molecular flexibility index (Phi) is 6.44. The van der Waals surface area contributed by atoms with Gasteiger partial charge < -0.3 is 27.1 Å². The fourth-order valence-corrected chi connectivity index (χ4v) is 3.75. The van der Waals surface area contributed by atoms with Crippen molar-refractivity contribution >= 4 is 7.25 Å². The van der Waals surface area contributed by atoms with E-state index in [2.05, 4.69) is 22.2 Å². The third-order valence-corrected chi connectivity index (χ3v) is 4.86. The van der Waals surface area contributed by atoms with Gasteiger partial charge >= 0.3 is 7.25 Å². The van der Waals surface area contributed by atoms with Gasteiger partial charge in [0.1, 0.15) is 0 Å². The molecule has 0 N–H and O–H groups in total. The third-order valence-electron chi connectivity index (χ3n) is 4.86. The maximum Gasteiger partial charge on any atom is 0.673 e. The molecular weight excluding hydrogens is 295 g/mol. The summed E-state index contributed by atoms with van der Waals surface area (Å²) in [5.41, 5.74) is 0. The van der Waals surface area contributed by atoms with Gasteiger partial charge in [-0.3, -0.25) is 0 Å². The number of rotatable bonds is 2. The monoisotopic (exact) mass is 321 g/mol. The van der Waals surface area contributed by atoms with Gasteiger partial charge in [-0.1, -0.05) is 38.5 Å². The highest BCUT2D eigenvalue weighted by Crippen LogP contribution is 2.29. The summed E-state index contributed by atoms with van der Waals surface area (Å²) in [5, 5.41) is 0. The van der Waals surface area contributed by atoms with Gasteiger partial charge in [-0.2, -0.15) is 0 Å². The van der Waals surface area contributed by atoms with Gasteiger partial charge in [0, 0.05) is 24.5 Å². The maximum atomic E-state index is 9.75. The molecule has 3 aliphatic rings. The summed E-state index contributed by atoms with van der Waals surface area (Å²) < 4.78 is 39.0. The predicted octanol–water partition coefficient (Wildman–Crippen LogP) is 5.00. The lowest BCUT2D eigenvalue weighted by Crippen LogP contribution is -2.39. The number of hydrogen-bond acceptors (Lipinski definition) is 2. The second-order valence-electron chi connectivity index (χ2n) is 6.55. The lowest BCUT2D eigenvalue weighted by Gasteiger charge is -2.36. The molecule has 0 unspecified atom stereocenters. The summed E-state index contributed by atoms with van der Waals surface area (Å²) in [5.74, 6) is 0. The van der Waals surface area contributed by atoms with Crippen LogP contribution in [0.5, 0.6) is 0 Å². The van der Waals surface area contributed by atoms with Crippen LogP contribution in [0, 0.1) is 0 Å². The Morgan fingerprint density at radius 2 is 0.955 bits per heavy atom. The van der Waals surface area contributed by atoms with Gasteiger partial charge in [-0.05, 0) is 25.7 Å². The summed E-state index contributed by atoms with van der Waals surface area (Å²) in [6.07, 6.45) is 19.1. The highest BCUT2D eigenvalue weighted by atomic mass is 19.5. The zero-order valence-electron chi connectivity index (χ0n) is 13.1. The van der Waals surface area contributed by atoms with Crippen LogP contribution in [0.4, 0.5) is 17.3 Å². The molecule has 0 atom stereocenters. The van der Waals surface area contributed by atoms with Gasteiger partial charge in [-0.15, -0.1) is 0 Å². The Labute approximate surface area is 130 Å². The molecule has 0 amide bonds. The topological polar surface area (TPSA) is 6.48 Å². The van der Waals surface area contributed by atoms with Crippen LogP contribution in [0.1, 0.15) is 64.2 Å². The molecule has 0 aromatic heterocycles. The zero-order chi connectivity index (χ0) is 16.0. The number of halogens is 4. The quantitative estimate of drug-likeness (QED) is 0.522. The van der Waals surface area contributed by atoms with E-state index in [1.54, 1.807) is 0 Å². The van der Waals surface area contributed by atoms with Gasteiger partial charge in [0.25, 0.3) is 0 Å². The van der Waals surface area contributed by atoms with Gasteiger partial charge in [-0.25, -0.2) is 0 Å². The molecule has 1 heterocycles. The average Bonchev–Trinajstić information content (AvgIpc) is 2.97. The van der Waals surface area contributed by atoms with E-state index >= 15 is 0 Å². The minimum atomic E-state index is -6.00. The van der Waals surface area contributed by atoms with Crippen molar-refractivity contribution < 1.29 is 17.3 Å². The van der Waals surface area contributed by atoms with Crippen molar-refractivity contribution in [3.8, 4) is 0 Å². The Bertz CT molecular complexity index is 318. The Morgan fingerprint density at radius 1 is 0.636 bits per heavy atom. The highest BCUT2D eigenvalue weighted by molar-refractivity contribution is 6.50. The molecule has 2 aliphatic carbocycles. The summed E-state index contributed by atoms with van der Waals surface area (Å²) in [7, 11) is -6.00. The van der Waals surface area contributed by atoms with Crippen molar-refractivity contribution in [1.29, 1.82) is 0 Å². The van der Waals surface area contributed by atoms with E-state index in [-0.39, 0.29) is 0 Å². The van der Waals surface area contributed by atoms with Crippen LogP contribution in [0.25, 0.3) is 0 Å². The summed E-state index contributed by atoms with van der Waals surface area (Å²) >= 11 is 0. The largest absolute Gasteiger partial charge is 0.673 e. The molecule has 2 saturated carbocycles. The molecule has 0 bridgehead atoms. The van der Waals surface area contributed by atoms with Crippen LogP contribution in [-0.4, -0.2) is 35.8 Å². The molecular formula is C15H26BF4N2-. The fraction of sp³-hybridized carbons (Fsp3) is 0.867. The molecule has 0 radical (unpaired) electrons. The Hall–Kier alpha value is -0.875. The first-order chi connectivity index (χ1) is 10.4. The lowest BCUT2D eigenvalue weighted by atomic mass is 9.94. The summed E-state index contributed by atoms with van der Waals surface area (Å²) in [6.45, 7) is 1.18. The van der Waals surface area contributed by atoms with Crippen molar-refractivity contribution in [2.75, 3.05) is 6.67 Å². The minimum absolute atomic E-state index is 0.841. The van der Waals surface area contributed by atoms with Crippen LogP contribution < -0.4 is 0 Å². The molecule has 0 spiro atoms. The van der Waals surface area contributed by atoms with Crippen LogP contribution in [0.3, 0.4) is 0 Å². The smallest absolute Gasteiger partial charge is 0.418 e. The van der Waals surface area contributed by atoms with Crippen LogP contribution in [0.15, 0.2) is 12.4 Å². The fourth-order valence-electron chi connectivity index (χ4n) is 3.75. The molecule has 0 aromatic rings. The van der Waals surface area contributed by atoms with E-state index in [0.717, 1.165) is 12.1 Å². The van der Waals surface area contributed by atoms with Gasteiger partial charge in [0.05, 0.1) is 6.67 Å². The van der Waals surface area contributed by atoms with E-state index in [1.807, 2.05) is 0 Å². The van der Waals surface area contributed by atoms with Crippen molar-refractivity contribution in [1.82, 2.24) is 9.80 Å². The first-order valence-electron chi connectivity index (χ1n) is 8.50. The molecule has 128 valence electrons. The molecule has 22 heavy (non-hydrogen) atoms. The van der Waals surface area contributed by atoms with Gasteiger partial charge in [0.15, 0.2) is 0 Å². The molecule has 2 fully saturated rings. The predicted molar refractivity (Wildman–Crippen MR) is 81.6 cm³/mol. The van der Waals surface area contributed by atoms with Crippen LogP contribution >= 0.6 is 0 Å². The summed E-state index contributed by atoms with van der Waals surface area (Å²) in [4.78, 5) is 5.21. The Balaban J connectivity index is 0.000000309. The minimum Gasteiger partial charge on any atom is -0.418 e. The normalized spacial score (nSPS) is 24.4. The number of nitrogens with zero attached hydrogens (tertiary/aromatic N) is 2. The molecule has 0 aromatic carbocycles. The van der Waals surface area contributed by atoms with Crippen LogP contribution in [0.2, 0.25) is 0 Å². The first kappa shape index (κ1) is 17.5. The van der Waals surface area contributed by atoms with E-state index in [4.69, 9.17) is 0 Å². The second-order valence-corrected chi connectivity index (χ2v) is 6.55. The molecule has 7 heteroatoms. The van der Waals surface area contributed by atoms with E-state index in [0.29, 0.717) is 0 Å². The van der Waals surface area contributed by atoms with Crippen molar-refractivity contribution in [2.24, 2.45) is 0 Å². The standard InChI is InChI=1S/C15H26N2.BF4/c1-3-7-14(8-4-1)16-11-12-17(13-16)15-9-5-2-6-10-15;2-1(3,4)5/h11-12,14-15H,1-10,13H2;/q;-1. The average molecular weight is 321 g/mol. The van der Waals surface area contributed by atoms with E-state index in [1.165, 1.54) is 70.9 Å². The van der Waals surface area contributed by atoms with Crippen LogP contribution in [-0.2, 0) is 0 Å². The molecule has 0 saturated heterocycles. The Morgan fingerprint density at radius 3 is 1.27 bits per heavy atom. The zero-order valence-corrected chi connectivity index (χ0v) is 13.1. The molecule has 1 aliphatic heterocycles. The number of hydrogen-bond donors (Lipinski definition) is 0. The first-order valence-corrected chi connectivity index (χ1v) is 8.50. The van der Waals surface area contributed by atoms with E-state index in [9.17, 15) is 17.3 Å². The van der Waals surface area contributed by atoms with Crippen molar-refractivity contribution in [3.63, 3.8) is 0 Å². The highest BCUT2D eigenvalue weighted by Gasteiger charge is 2.27. The second kappa shape index (κ2) is 8.11. The van der Waals surface area contributed by atoms with Crippen molar-refractivity contribution in [3.05, 3.63) is 12.4 Å². The lowest BCUT2D eigenvalue weighted by molar-refractivity contribution is 0.134. The third kappa shape index (κ3) is 6.09. The van der Waals surface area contributed by atoms with Gasteiger partial charge in [0.2, 0.25) is 0 Å². The maximum absolute atomic E-state index is 9.75. The molecule has 3 rings (SSSR count). The SMILES string of the molecule is C1=CN(C2CCCCC2)CN1C1CCCCC1.F[B-](F)(F)F. The van der Waals surface area contributed by atoms with Crippen molar-refractivity contribution in [2.45, 2.75) is 76.3 Å². The van der Waals surface area contributed by atoms with E-state index < -0.39 is 7.25 Å². The summed E-state index contributed by atoms with van der Waals surface area (Å²) in [6, 6.07) is 1.68. The molecule has 2 nitrogen and oxygen atoms in total.